The second-order valence-electron chi connectivity index (χ2n) is 11.0. The van der Waals surface area contributed by atoms with Crippen LogP contribution in [0.15, 0.2) is 150 Å². The first-order valence-corrected chi connectivity index (χ1v) is 15.9. The molecule has 2 aromatic heterocycles. The number of nitrogens with zero attached hydrogens (tertiary/aromatic N) is 3. The fourth-order valence-electron chi connectivity index (χ4n) is 6.78. The zero-order valence-electron chi connectivity index (χ0n) is 23.3. The predicted molar refractivity (Wildman–Crippen MR) is 176 cm³/mol. The topological polar surface area (TPSA) is 64.8 Å². The molecular formula is C38H23N3O2S. The van der Waals surface area contributed by atoms with Crippen LogP contribution in [-0.2, 0) is 9.84 Å². The average molecular weight is 586 g/mol. The van der Waals surface area contributed by atoms with Gasteiger partial charge in [0, 0.05) is 23.5 Å². The summed E-state index contributed by atoms with van der Waals surface area (Å²) in [4.78, 5) is 9.86. The third-order valence-corrected chi connectivity index (χ3v) is 10.4. The summed E-state index contributed by atoms with van der Waals surface area (Å²) in [7, 11) is -3.83. The van der Waals surface area contributed by atoms with Crippen molar-refractivity contribution in [2.45, 2.75) is 9.79 Å². The molecular weight excluding hydrogens is 563 g/mol. The first-order chi connectivity index (χ1) is 21.6. The number of rotatable bonds is 3. The van der Waals surface area contributed by atoms with Crippen molar-refractivity contribution in [1.82, 2.24) is 14.5 Å². The van der Waals surface area contributed by atoms with Gasteiger partial charge in [-0.15, -0.1) is 0 Å². The highest BCUT2D eigenvalue weighted by Gasteiger charge is 2.34. The number of sulfone groups is 1. The highest BCUT2D eigenvalue weighted by Crippen LogP contribution is 2.46. The Morgan fingerprint density at radius 2 is 1.18 bits per heavy atom. The summed E-state index contributed by atoms with van der Waals surface area (Å²) in [6.07, 6.45) is 3.68. The first-order valence-electron chi connectivity index (χ1n) is 14.4. The van der Waals surface area contributed by atoms with E-state index in [2.05, 4.69) is 35.3 Å². The van der Waals surface area contributed by atoms with E-state index in [9.17, 15) is 8.42 Å². The molecule has 6 heteroatoms. The quantitative estimate of drug-likeness (QED) is 0.194. The van der Waals surface area contributed by atoms with Crippen LogP contribution in [0.1, 0.15) is 0 Å². The Morgan fingerprint density at radius 1 is 0.545 bits per heavy atom. The third kappa shape index (κ3) is 3.43. The Bertz CT molecular complexity index is 2500. The maximum atomic E-state index is 14.3. The van der Waals surface area contributed by atoms with Crippen LogP contribution in [-0.4, -0.2) is 23.0 Å². The number of para-hydroxylation sites is 1. The van der Waals surface area contributed by atoms with Gasteiger partial charge in [0.1, 0.15) is 5.82 Å². The smallest absolute Gasteiger partial charge is 0.210 e. The lowest BCUT2D eigenvalue weighted by Crippen LogP contribution is -2.15. The van der Waals surface area contributed by atoms with E-state index in [4.69, 9.17) is 4.98 Å². The van der Waals surface area contributed by atoms with Gasteiger partial charge in [-0.25, -0.2) is 13.4 Å². The lowest BCUT2D eigenvalue weighted by atomic mass is 9.86. The highest BCUT2D eigenvalue weighted by atomic mass is 32.2. The van der Waals surface area contributed by atoms with Crippen molar-refractivity contribution < 1.29 is 8.42 Å². The first kappa shape index (κ1) is 25.0. The van der Waals surface area contributed by atoms with Crippen molar-refractivity contribution in [3.05, 3.63) is 140 Å². The third-order valence-electron chi connectivity index (χ3n) is 8.62. The van der Waals surface area contributed by atoms with Crippen molar-refractivity contribution in [2.24, 2.45) is 0 Å². The Hall–Kier alpha value is -5.59. The van der Waals surface area contributed by atoms with Gasteiger partial charge in [-0.3, -0.25) is 9.55 Å². The van der Waals surface area contributed by atoms with E-state index in [0.29, 0.717) is 22.5 Å². The van der Waals surface area contributed by atoms with E-state index in [1.165, 1.54) is 0 Å². The van der Waals surface area contributed by atoms with Gasteiger partial charge in [0.25, 0.3) is 0 Å². The molecule has 0 bridgehead atoms. The fourth-order valence-corrected chi connectivity index (χ4v) is 8.44. The lowest BCUT2D eigenvalue weighted by Gasteiger charge is -2.23. The summed E-state index contributed by atoms with van der Waals surface area (Å²) in [6.45, 7) is 0. The SMILES string of the molecule is O=S1(=O)c2cc(-c3c4ccccc4c(-c4cccnc4)c4ccccc34)ccc2-n2c(-c3ccccc3)nc3cccc1c32. The maximum absolute atomic E-state index is 14.3. The average Bonchev–Trinajstić information content (AvgIpc) is 3.47. The van der Waals surface area contributed by atoms with E-state index in [-0.39, 0.29) is 9.79 Å². The number of hydrogen-bond acceptors (Lipinski definition) is 4. The number of aromatic nitrogens is 3. The Labute approximate surface area is 253 Å². The van der Waals surface area contributed by atoms with Crippen LogP contribution in [0, 0.1) is 0 Å². The van der Waals surface area contributed by atoms with Gasteiger partial charge in [0.05, 0.1) is 26.5 Å². The monoisotopic (exact) mass is 585 g/mol. The maximum Gasteiger partial charge on any atom is 0.210 e. The van der Waals surface area contributed by atoms with Crippen LogP contribution >= 0.6 is 0 Å². The Kier molecular flexibility index (Phi) is 5.22. The predicted octanol–water partition coefficient (Wildman–Crippen LogP) is 8.87. The minimum atomic E-state index is -3.83. The normalized spacial score (nSPS) is 13.4. The van der Waals surface area contributed by atoms with Gasteiger partial charge >= 0.3 is 0 Å². The van der Waals surface area contributed by atoms with Crippen molar-refractivity contribution >= 4 is 42.4 Å². The van der Waals surface area contributed by atoms with E-state index in [0.717, 1.165) is 49.4 Å². The minimum absolute atomic E-state index is 0.273. The summed E-state index contributed by atoms with van der Waals surface area (Å²) in [5, 5.41) is 4.27. The van der Waals surface area contributed by atoms with E-state index in [1.54, 1.807) is 18.3 Å². The largest absolute Gasteiger partial charge is 0.290 e. The summed E-state index contributed by atoms with van der Waals surface area (Å²) in [6, 6.07) is 41.8. The lowest BCUT2D eigenvalue weighted by molar-refractivity contribution is 0.594. The second-order valence-corrected chi connectivity index (χ2v) is 12.9. The van der Waals surface area contributed by atoms with Gasteiger partial charge in [0.2, 0.25) is 9.84 Å². The summed E-state index contributed by atoms with van der Waals surface area (Å²) in [5.74, 6) is 0.716. The van der Waals surface area contributed by atoms with Crippen LogP contribution in [0.2, 0.25) is 0 Å². The van der Waals surface area contributed by atoms with Crippen LogP contribution in [0.3, 0.4) is 0 Å². The number of fused-ring (bicyclic) bond motifs is 4. The van der Waals surface area contributed by atoms with Gasteiger partial charge in [-0.2, -0.15) is 0 Å². The van der Waals surface area contributed by atoms with Crippen LogP contribution in [0.5, 0.6) is 0 Å². The van der Waals surface area contributed by atoms with E-state index >= 15 is 0 Å². The summed E-state index contributed by atoms with van der Waals surface area (Å²) in [5.41, 5.74) is 6.79. The Balaban J connectivity index is 1.37. The molecule has 0 radical (unpaired) electrons. The molecule has 0 fully saturated rings. The minimum Gasteiger partial charge on any atom is -0.290 e. The summed E-state index contributed by atoms with van der Waals surface area (Å²) >= 11 is 0. The fraction of sp³-hybridized carbons (Fsp3) is 0. The number of benzene rings is 6. The molecule has 0 spiro atoms. The standard InChI is InChI=1S/C38H23N3O2S/c42-44(43)33-18-8-17-31-37(33)41(38(40-31)24-10-2-1-3-11-24)32-20-19-25(22-34(32)44)35-27-13-4-6-15-29(27)36(26-12-9-21-39-23-26)30-16-7-5-14-28(30)35/h1-23H. The summed E-state index contributed by atoms with van der Waals surface area (Å²) < 4.78 is 30.7. The molecule has 8 aromatic rings. The molecule has 0 unspecified atom stereocenters. The zero-order valence-corrected chi connectivity index (χ0v) is 24.2. The van der Waals surface area contributed by atoms with Gasteiger partial charge in [0.15, 0.2) is 0 Å². The molecule has 3 heterocycles. The van der Waals surface area contributed by atoms with Gasteiger partial charge < -0.3 is 0 Å². The molecule has 1 aliphatic rings. The molecule has 0 aliphatic carbocycles. The molecule has 0 amide bonds. The zero-order chi connectivity index (χ0) is 29.4. The van der Waals surface area contributed by atoms with Gasteiger partial charge in [-0.1, -0.05) is 97.1 Å². The number of hydrogen-bond donors (Lipinski definition) is 0. The molecule has 5 nitrogen and oxygen atoms in total. The van der Waals surface area contributed by atoms with Crippen LogP contribution in [0.4, 0.5) is 0 Å². The van der Waals surface area contributed by atoms with E-state index in [1.807, 2.05) is 95.7 Å². The molecule has 0 N–H and O–H groups in total. The van der Waals surface area contributed by atoms with Crippen LogP contribution in [0.25, 0.3) is 71.9 Å². The second kappa shape index (κ2) is 9.20. The van der Waals surface area contributed by atoms with Crippen molar-refractivity contribution in [3.8, 4) is 39.3 Å². The molecule has 208 valence electrons. The molecule has 0 saturated heterocycles. The van der Waals surface area contributed by atoms with Gasteiger partial charge in [-0.05, 0) is 68.6 Å². The Morgan fingerprint density at radius 3 is 1.84 bits per heavy atom. The van der Waals surface area contributed by atoms with Crippen molar-refractivity contribution in [2.75, 3.05) is 0 Å². The number of imidazole rings is 1. The van der Waals surface area contributed by atoms with Crippen molar-refractivity contribution in [3.63, 3.8) is 0 Å². The molecule has 44 heavy (non-hydrogen) atoms. The molecule has 9 rings (SSSR count). The highest BCUT2D eigenvalue weighted by molar-refractivity contribution is 7.92. The van der Waals surface area contributed by atoms with Crippen molar-refractivity contribution in [1.29, 1.82) is 0 Å². The number of pyridine rings is 1. The van der Waals surface area contributed by atoms with E-state index < -0.39 is 9.84 Å². The molecule has 6 aromatic carbocycles. The molecule has 0 saturated carbocycles. The molecule has 1 aliphatic heterocycles. The molecule has 0 atom stereocenters. The van der Waals surface area contributed by atoms with Crippen LogP contribution < -0.4 is 0 Å².